The normalized spacial score (nSPS) is 18.6. The van der Waals surface area contributed by atoms with E-state index in [2.05, 4.69) is 27.1 Å². The number of methoxy groups -OCH3 is 3. The Labute approximate surface area is 694 Å². The number of hydrogen-bond donors (Lipinski definition) is 1. The van der Waals surface area contributed by atoms with Crippen molar-refractivity contribution in [1.29, 1.82) is 15.8 Å². The molecule has 24 nitrogen and oxygen atoms in total. The van der Waals surface area contributed by atoms with Crippen molar-refractivity contribution in [3.05, 3.63) is 209 Å². The van der Waals surface area contributed by atoms with E-state index < -0.39 is 5.82 Å². The third-order valence-electron chi connectivity index (χ3n) is 22.7. The highest BCUT2D eigenvalue weighted by Gasteiger charge is 2.52. The molecule has 6 fully saturated rings. The van der Waals surface area contributed by atoms with Crippen LogP contribution in [0.2, 0.25) is 0 Å². The molecule has 3 saturated heterocycles. The van der Waals surface area contributed by atoms with Crippen molar-refractivity contribution in [3.63, 3.8) is 0 Å². The summed E-state index contributed by atoms with van der Waals surface area (Å²) in [6, 6.07) is 49.1. The first-order valence-electron chi connectivity index (χ1n) is 39.9. The predicted octanol–water partition coefficient (Wildman–Crippen LogP) is 17.9. The average Bonchev–Trinajstić information content (AvgIpc) is 1.68. The van der Waals surface area contributed by atoms with Gasteiger partial charge >= 0.3 is 0 Å². The number of ether oxygens (including phenoxy) is 8. The van der Waals surface area contributed by atoms with Crippen LogP contribution in [-0.2, 0) is 18.9 Å². The van der Waals surface area contributed by atoms with Crippen molar-refractivity contribution < 1.29 is 75.0 Å². The number of aromatic nitrogens is 3. The summed E-state index contributed by atoms with van der Waals surface area (Å²) in [5.41, 5.74) is 14.0. The third kappa shape index (κ3) is 17.7. The summed E-state index contributed by atoms with van der Waals surface area (Å²) in [5.74, 6) is 3.06. The van der Waals surface area contributed by atoms with Crippen molar-refractivity contribution in [2.24, 2.45) is 0 Å². The highest BCUT2D eigenvalue weighted by Crippen LogP contribution is 2.52. The molecular formula is C95H92FN9O15. The number of aliphatic hydroxyl groups excluding tert-OH is 1. The molecule has 6 aromatic carbocycles. The Bertz CT molecular complexity index is 6040. The molecule has 0 radical (unpaired) electrons. The summed E-state index contributed by atoms with van der Waals surface area (Å²) >= 11 is 0. The van der Waals surface area contributed by atoms with Crippen molar-refractivity contribution >= 4 is 51.0 Å². The second kappa shape index (κ2) is 34.3. The van der Waals surface area contributed by atoms with Crippen LogP contribution in [0.5, 0.6) is 23.0 Å². The number of furan rings is 3. The molecule has 3 aliphatic carbocycles. The zero-order valence-corrected chi connectivity index (χ0v) is 68.7. The second-order valence-corrected chi connectivity index (χ2v) is 32.1. The minimum absolute atomic E-state index is 0.000185. The maximum atomic E-state index is 13.7. The first-order valence-corrected chi connectivity index (χ1v) is 39.9. The topological polar surface area (TPSA) is 304 Å². The van der Waals surface area contributed by atoms with Gasteiger partial charge in [0.05, 0.1) is 77.7 Å². The Morgan fingerprint density at radius 2 is 0.892 bits per heavy atom. The number of amides is 3. The number of hydrogen-bond acceptors (Lipinski definition) is 21. The van der Waals surface area contributed by atoms with Crippen molar-refractivity contribution in [3.8, 4) is 109 Å². The van der Waals surface area contributed by atoms with Gasteiger partial charge in [-0.15, -0.1) is 0 Å². The van der Waals surface area contributed by atoms with Crippen LogP contribution < -0.4 is 18.9 Å². The highest BCUT2D eigenvalue weighted by atomic mass is 19.1. The summed E-state index contributed by atoms with van der Waals surface area (Å²) in [5, 5.41) is 38.4. The largest absolute Gasteiger partial charge is 0.496 e. The molecule has 12 aromatic rings. The quantitative estimate of drug-likeness (QED) is 0.0939. The molecule has 9 heterocycles. The van der Waals surface area contributed by atoms with Gasteiger partial charge in [-0.3, -0.25) is 29.3 Å². The van der Waals surface area contributed by atoms with Gasteiger partial charge in [-0.2, -0.15) is 15.8 Å². The maximum absolute atomic E-state index is 13.7. The standard InChI is InChI=1S/C32H31N3O6.C31H29N3O5.C24H18FN3O2.C8H14O2/c1-35(2)31(36)20-5-7-24(27(14-20)37-3)28-16-25-30(40-28)23(9-12-34-25)19-6-8-26(21(13-19)18-33)39-22-15-29(38-4)41-32(17-22)10-11-32;1-34(2)30(35)20-4-6-24(27(15-20)36-3)28-16-25-29(39-28)23(8-12-33-25)19-5-7-26(21(14-19)18-32)38-22-9-13-37-31(17-22)10-11-31;1-14-10-16(24(29)28(2)3)4-6-18(14)22-12-21-23(30-22)19(8-9-27-21)15-5-7-20(25)17(11-15)13-26;1-6-4-7(9)5-8(10-6)2-3-8/h5-9,12-14,16,22,29H,10-11,15,17H2,1-4H3;4-8,12,14-16,22H,9-11,13,17H2,1-3H3;4-12H,1-3H3;6-7,9H,2-5H2,1H3. The fourth-order valence-electron chi connectivity index (χ4n) is 15.9. The van der Waals surface area contributed by atoms with E-state index in [1.165, 1.54) is 26.8 Å². The molecule has 0 bridgehead atoms. The fourth-order valence-corrected chi connectivity index (χ4v) is 15.9. The second-order valence-electron chi connectivity index (χ2n) is 32.1. The molecule has 1 N–H and O–H groups in total. The highest BCUT2D eigenvalue weighted by molar-refractivity contribution is 5.99. The maximum Gasteiger partial charge on any atom is 0.253 e. The monoisotopic (exact) mass is 1620 g/mol. The predicted molar refractivity (Wildman–Crippen MR) is 447 cm³/mol. The van der Waals surface area contributed by atoms with Gasteiger partial charge in [0.1, 0.15) is 93.1 Å². The van der Waals surface area contributed by atoms with E-state index in [9.17, 15) is 34.4 Å². The Balaban J connectivity index is 0.000000133. The van der Waals surface area contributed by atoms with Crippen LogP contribution in [-0.4, -0.2) is 170 Å². The number of halogens is 1. The number of carbonyl (C=O) groups is 3. The van der Waals surface area contributed by atoms with Crippen molar-refractivity contribution in [1.82, 2.24) is 29.7 Å². The van der Waals surface area contributed by atoms with Gasteiger partial charge in [-0.25, -0.2) is 4.39 Å². The van der Waals surface area contributed by atoms with Crippen LogP contribution in [0.1, 0.15) is 137 Å². The molecule has 6 aromatic heterocycles. The lowest BCUT2D eigenvalue weighted by Crippen LogP contribution is -2.40. The molecule has 3 saturated carbocycles. The van der Waals surface area contributed by atoms with Crippen LogP contribution in [0.15, 0.2) is 177 Å². The van der Waals surface area contributed by atoms with E-state index >= 15 is 0 Å². The van der Waals surface area contributed by atoms with Crippen molar-refractivity contribution in [2.45, 2.75) is 138 Å². The smallest absolute Gasteiger partial charge is 0.253 e. The molecule has 5 unspecified atom stereocenters. The summed E-state index contributed by atoms with van der Waals surface area (Å²) in [4.78, 5) is 55.0. The number of benzene rings is 6. The summed E-state index contributed by atoms with van der Waals surface area (Å²) in [6.07, 6.45) is 16.2. The Hall–Kier alpha value is -12.8. The molecular weight excluding hydrogens is 1530 g/mol. The van der Waals surface area contributed by atoms with Crippen LogP contribution in [0.4, 0.5) is 4.39 Å². The minimum Gasteiger partial charge on any atom is -0.496 e. The zero-order chi connectivity index (χ0) is 84.5. The number of nitrogens with zero attached hydrogens (tertiary/aromatic N) is 9. The Morgan fingerprint density at radius 3 is 1.32 bits per heavy atom. The van der Waals surface area contributed by atoms with E-state index in [1.807, 2.05) is 111 Å². The molecule has 3 amide bonds. The first kappa shape index (κ1) is 82.3. The number of rotatable bonds is 16. The number of aryl methyl sites for hydroxylation is 1. The van der Waals surface area contributed by atoms with E-state index in [-0.39, 0.29) is 70.8 Å². The average molecular weight is 1620 g/mol. The Morgan fingerprint density at radius 1 is 0.475 bits per heavy atom. The van der Waals surface area contributed by atoms with E-state index in [1.54, 1.807) is 125 Å². The van der Waals surface area contributed by atoms with Gasteiger partial charge in [0.15, 0.2) is 23.0 Å². The SMILES string of the molecule is CC1CC(O)CC2(CC2)O1.COc1cc(C(=O)N(C)C)ccc1-c1cc2nccc(-c3ccc(OC4CC(OC)OC5(CC5)C4)c(C#N)c3)c2o1.COc1cc(C(=O)N(C)C)ccc1-c1cc2nccc(-c3ccc(OC4CCOC5(CC5)C4)c(C#N)c3)c2o1.Cc1cc(C(=O)N(C)C)ccc1-c1cc2nccc(-c3ccc(F)c(C#N)c3)c2o1. The lowest BCUT2D eigenvalue weighted by atomic mass is 10.0. The fraction of sp³-hybridized carbons (Fsp3) is 0.337. The summed E-state index contributed by atoms with van der Waals surface area (Å²) in [7, 11) is 15.0. The molecule has 6 aliphatic rings. The summed E-state index contributed by atoms with van der Waals surface area (Å²) < 4.78 is 79.4. The number of fused-ring (bicyclic) bond motifs is 3. The van der Waals surface area contributed by atoms with E-state index in [0.717, 1.165) is 110 Å². The van der Waals surface area contributed by atoms with Gasteiger partial charge in [-0.1, -0.05) is 24.3 Å². The molecule has 5 atom stereocenters. The molecule has 614 valence electrons. The number of aliphatic hydroxyl groups is 1. The summed E-state index contributed by atoms with van der Waals surface area (Å²) in [6.45, 7) is 4.66. The van der Waals surface area contributed by atoms with Gasteiger partial charge in [0.2, 0.25) is 0 Å². The van der Waals surface area contributed by atoms with Crippen LogP contribution in [0.25, 0.3) is 101 Å². The van der Waals surface area contributed by atoms with Crippen molar-refractivity contribution in [2.75, 3.05) is 70.2 Å². The van der Waals surface area contributed by atoms with Crippen LogP contribution >= 0.6 is 0 Å². The van der Waals surface area contributed by atoms with Crippen LogP contribution in [0.3, 0.4) is 0 Å². The molecule has 3 spiro atoms. The number of nitriles is 3. The minimum atomic E-state index is -0.560. The van der Waals surface area contributed by atoms with Gasteiger partial charge in [0, 0.05) is 157 Å². The Kier molecular flexibility index (Phi) is 23.5. The number of carbonyl (C=O) groups excluding carboxylic acids is 3. The lowest BCUT2D eigenvalue weighted by molar-refractivity contribution is -0.210. The van der Waals surface area contributed by atoms with Crippen LogP contribution in [0, 0.1) is 46.7 Å². The third-order valence-corrected chi connectivity index (χ3v) is 22.7. The van der Waals surface area contributed by atoms with Gasteiger partial charge < -0.3 is 71.0 Å². The zero-order valence-electron chi connectivity index (χ0n) is 68.7. The molecule has 25 heteroatoms. The van der Waals surface area contributed by atoms with E-state index in [0.29, 0.717) is 131 Å². The molecule has 3 aliphatic heterocycles. The lowest BCUT2D eigenvalue weighted by Gasteiger charge is -2.35. The number of pyridine rings is 3. The first-order chi connectivity index (χ1) is 57.8. The molecule has 18 rings (SSSR count). The van der Waals surface area contributed by atoms with Gasteiger partial charge in [0.25, 0.3) is 17.7 Å². The van der Waals surface area contributed by atoms with E-state index in [4.69, 9.17) is 56.4 Å². The molecule has 120 heavy (non-hydrogen) atoms. The van der Waals surface area contributed by atoms with Gasteiger partial charge in [-0.05, 0) is 184 Å².